The van der Waals surface area contributed by atoms with E-state index in [0.717, 1.165) is 10.6 Å². The van der Waals surface area contributed by atoms with Crippen LogP contribution in [-0.2, 0) is 7.05 Å². The van der Waals surface area contributed by atoms with Crippen LogP contribution in [0.25, 0.3) is 16.3 Å². The molecule has 0 unspecified atom stereocenters. The first-order chi connectivity index (χ1) is 8.56. The van der Waals surface area contributed by atoms with Crippen molar-refractivity contribution in [1.29, 1.82) is 0 Å². The van der Waals surface area contributed by atoms with Crippen molar-refractivity contribution in [3.05, 3.63) is 35.1 Å². The first-order valence-electron chi connectivity index (χ1n) is 5.41. The van der Waals surface area contributed by atoms with Gasteiger partial charge in [-0.15, -0.1) is 11.3 Å². The molecule has 0 bridgehead atoms. The van der Waals surface area contributed by atoms with Crippen LogP contribution < -0.4 is 0 Å². The summed E-state index contributed by atoms with van der Waals surface area (Å²) in [6.07, 6.45) is 3.43. The van der Waals surface area contributed by atoms with Gasteiger partial charge in [0, 0.05) is 24.3 Å². The Morgan fingerprint density at radius 3 is 2.72 bits per heavy atom. The summed E-state index contributed by atoms with van der Waals surface area (Å²) in [5.41, 5.74) is 1.10. The molecule has 0 saturated heterocycles. The molecule has 3 aromatic heterocycles. The van der Waals surface area contributed by atoms with E-state index in [2.05, 4.69) is 4.98 Å². The Hall–Kier alpha value is -2.08. The number of aryl methyl sites for hydroxylation is 2. The molecule has 3 heterocycles. The zero-order chi connectivity index (χ0) is 12.9. The number of aromatic carboxylic acids is 1. The molecular formula is C12H11N3O2S. The molecule has 0 spiro atoms. The highest BCUT2D eigenvalue weighted by Gasteiger charge is 2.15. The van der Waals surface area contributed by atoms with Crippen LogP contribution in [0.5, 0.6) is 0 Å². The van der Waals surface area contributed by atoms with Gasteiger partial charge in [0.25, 0.3) is 0 Å². The molecule has 0 saturated carbocycles. The minimum Gasteiger partial charge on any atom is -0.477 e. The molecule has 92 valence electrons. The topological polar surface area (TPSA) is 59.5 Å². The zero-order valence-corrected chi connectivity index (χ0v) is 10.7. The standard InChI is InChI=1S/C12H11N3O2S/c1-7-3-4-10(18-7)8-5-15-6-9(11(16)17)14(2)12(15)13-8/h3-6H,1-2H3,(H,16,17). The minimum atomic E-state index is -0.948. The van der Waals surface area contributed by atoms with Gasteiger partial charge in [-0.1, -0.05) is 0 Å². The Balaban J connectivity index is 2.16. The van der Waals surface area contributed by atoms with Crippen molar-refractivity contribution in [2.45, 2.75) is 6.92 Å². The van der Waals surface area contributed by atoms with Gasteiger partial charge in [0.15, 0.2) is 0 Å². The van der Waals surface area contributed by atoms with Crippen molar-refractivity contribution in [3.8, 4) is 10.6 Å². The average Bonchev–Trinajstić information content (AvgIpc) is 2.95. The zero-order valence-electron chi connectivity index (χ0n) is 9.91. The smallest absolute Gasteiger partial charge is 0.354 e. The molecule has 0 radical (unpaired) electrons. The molecule has 0 aliphatic rings. The summed E-state index contributed by atoms with van der Waals surface area (Å²) in [5.74, 6) is -0.315. The number of carboxylic acids is 1. The molecule has 5 nitrogen and oxygen atoms in total. The molecule has 6 heteroatoms. The Bertz CT molecular complexity index is 751. The van der Waals surface area contributed by atoms with Crippen molar-refractivity contribution in [2.24, 2.45) is 7.05 Å². The van der Waals surface area contributed by atoms with Crippen LogP contribution in [0, 0.1) is 6.92 Å². The lowest BCUT2D eigenvalue weighted by atomic mass is 10.4. The van der Waals surface area contributed by atoms with Crippen molar-refractivity contribution in [2.75, 3.05) is 0 Å². The molecule has 0 aliphatic heterocycles. The summed E-state index contributed by atoms with van der Waals surface area (Å²) < 4.78 is 3.32. The average molecular weight is 261 g/mol. The first kappa shape index (κ1) is 11.0. The van der Waals surface area contributed by atoms with Crippen LogP contribution >= 0.6 is 11.3 Å². The number of nitrogens with zero attached hydrogens (tertiary/aromatic N) is 3. The number of fused-ring (bicyclic) bond motifs is 1. The van der Waals surface area contributed by atoms with Crippen LogP contribution in [0.15, 0.2) is 24.5 Å². The van der Waals surface area contributed by atoms with Crippen molar-refractivity contribution >= 4 is 23.1 Å². The number of aromatic nitrogens is 3. The maximum absolute atomic E-state index is 11.0. The lowest BCUT2D eigenvalue weighted by molar-refractivity contribution is 0.0687. The largest absolute Gasteiger partial charge is 0.477 e. The summed E-state index contributed by atoms with van der Waals surface area (Å²) >= 11 is 1.67. The van der Waals surface area contributed by atoms with Gasteiger partial charge in [0.2, 0.25) is 5.78 Å². The van der Waals surface area contributed by atoms with Crippen LogP contribution in [-0.4, -0.2) is 25.0 Å². The van der Waals surface area contributed by atoms with Crippen LogP contribution in [0.1, 0.15) is 15.4 Å². The van der Waals surface area contributed by atoms with Gasteiger partial charge in [-0.2, -0.15) is 0 Å². The monoisotopic (exact) mass is 261 g/mol. The second-order valence-corrected chi connectivity index (χ2v) is 5.41. The van der Waals surface area contributed by atoms with Crippen LogP contribution in [0.2, 0.25) is 0 Å². The number of carboxylic acid groups (broad SMARTS) is 1. The third-order valence-corrected chi connectivity index (χ3v) is 3.87. The fourth-order valence-corrected chi connectivity index (χ4v) is 2.76. The van der Waals surface area contributed by atoms with Gasteiger partial charge in [-0.3, -0.25) is 4.40 Å². The van der Waals surface area contributed by atoms with Crippen LogP contribution in [0.4, 0.5) is 0 Å². The number of thiophene rings is 1. The van der Waals surface area contributed by atoms with E-state index in [1.165, 1.54) is 4.88 Å². The highest BCUT2D eigenvalue weighted by atomic mass is 32.1. The lowest BCUT2D eigenvalue weighted by Crippen LogP contribution is -2.04. The van der Waals surface area contributed by atoms with E-state index < -0.39 is 5.97 Å². The molecule has 0 aromatic carbocycles. The maximum Gasteiger partial charge on any atom is 0.354 e. The maximum atomic E-state index is 11.0. The Labute approximate surface area is 107 Å². The molecule has 3 rings (SSSR count). The summed E-state index contributed by atoms with van der Waals surface area (Å²) in [6.45, 7) is 2.05. The van der Waals surface area contributed by atoms with Gasteiger partial charge >= 0.3 is 5.97 Å². The fraction of sp³-hybridized carbons (Fsp3) is 0.167. The van der Waals surface area contributed by atoms with Crippen molar-refractivity contribution in [3.63, 3.8) is 0 Å². The minimum absolute atomic E-state index is 0.228. The molecule has 0 amide bonds. The van der Waals surface area contributed by atoms with E-state index in [9.17, 15) is 4.79 Å². The summed E-state index contributed by atoms with van der Waals surface area (Å²) in [4.78, 5) is 17.8. The van der Waals surface area contributed by atoms with Gasteiger partial charge in [-0.05, 0) is 19.1 Å². The Morgan fingerprint density at radius 1 is 1.39 bits per heavy atom. The van der Waals surface area contributed by atoms with Crippen molar-refractivity contribution in [1.82, 2.24) is 14.0 Å². The normalized spacial score (nSPS) is 11.2. The molecule has 0 atom stereocenters. The molecule has 18 heavy (non-hydrogen) atoms. The predicted molar refractivity (Wildman–Crippen MR) is 69.2 cm³/mol. The van der Waals surface area contributed by atoms with E-state index in [1.807, 2.05) is 25.3 Å². The predicted octanol–water partition coefficient (Wildman–Crippen LogP) is 2.41. The molecule has 1 N–H and O–H groups in total. The van der Waals surface area contributed by atoms with E-state index in [1.54, 1.807) is 33.5 Å². The summed E-state index contributed by atoms with van der Waals surface area (Å²) in [5, 5.41) is 9.01. The summed E-state index contributed by atoms with van der Waals surface area (Å²) in [7, 11) is 1.70. The lowest BCUT2D eigenvalue weighted by Gasteiger charge is -1.94. The highest BCUT2D eigenvalue weighted by molar-refractivity contribution is 7.15. The number of hydrogen-bond donors (Lipinski definition) is 1. The van der Waals surface area contributed by atoms with Crippen molar-refractivity contribution < 1.29 is 9.90 Å². The van der Waals surface area contributed by atoms with Gasteiger partial charge in [0.05, 0.1) is 4.88 Å². The number of carbonyl (C=O) groups is 1. The van der Waals surface area contributed by atoms with Gasteiger partial charge < -0.3 is 9.67 Å². The number of imidazole rings is 2. The van der Waals surface area contributed by atoms with Gasteiger partial charge in [-0.25, -0.2) is 9.78 Å². The molecule has 0 aliphatic carbocycles. The second-order valence-electron chi connectivity index (χ2n) is 4.12. The third-order valence-electron chi connectivity index (χ3n) is 2.85. The Kier molecular flexibility index (Phi) is 2.27. The van der Waals surface area contributed by atoms with E-state index in [-0.39, 0.29) is 5.69 Å². The highest BCUT2D eigenvalue weighted by Crippen LogP contribution is 2.27. The molecular weight excluding hydrogens is 250 g/mol. The fourth-order valence-electron chi connectivity index (χ4n) is 1.94. The van der Waals surface area contributed by atoms with E-state index in [0.29, 0.717) is 5.78 Å². The van der Waals surface area contributed by atoms with E-state index in [4.69, 9.17) is 5.11 Å². The summed E-state index contributed by atoms with van der Waals surface area (Å²) in [6, 6.07) is 4.08. The number of rotatable bonds is 2. The van der Waals surface area contributed by atoms with E-state index >= 15 is 0 Å². The number of hydrogen-bond acceptors (Lipinski definition) is 3. The molecule has 0 fully saturated rings. The Morgan fingerprint density at radius 2 is 2.17 bits per heavy atom. The van der Waals surface area contributed by atoms with Gasteiger partial charge in [0.1, 0.15) is 11.4 Å². The second kappa shape index (κ2) is 3.71. The molecule has 3 aromatic rings. The SMILES string of the molecule is Cc1ccc(-c2cn3cc(C(=O)O)n(C)c3n2)s1. The first-order valence-corrected chi connectivity index (χ1v) is 6.22. The quantitative estimate of drug-likeness (QED) is 0.770. The van der Waals surface area contributed by atoms with Crippen LogP contribution in [0.3, 0.4) is 0 Å². The third kappa shape index (κ3) is 1.53.